The largest absolute Gasteiger partial charge is 0.346 e. The lowest BCUT2D eigenvalue weighted by molar-refractivity contribution is 0.242. The molecule has 3 rings (SSSR count). The number of carbonyl (C=O) groups is 1. The maximum Gasteiger partial charge on any atom is 0.314 e. The van der Waals surface area contributed by atoms with Crippen molar-refractivity contribution in [2.24, 2.45) is 0 Å². The number of benzene rings is 1. The second-order valence-corrected chi connectivity index (χ2v) is 5.55. The Balaban J connectivity index is 1.61. The highest BCUT2D eigenvalue weighted by atomic mass is 35.5. The maximum atomic E-state index is 11.1. The molecule has 0 spiro atoms. The molecular weight excluding hydrogens is 316 g/mol. The number of carbonyl (C=O) groups excluding carboxylic acids is 1. The number of hydrogen-bond acceptors (Lipinski definition) is 3. The molecule has 2 N–H and O–H groups in total. The summed E-state index contributed by atoms with van der Waals surface area (Å²) < 4.78 is 3.92. The molecule has 0 radical (unpaired) electrons. The van der Waals surface area contributed by atoms with Crippen LogP contribution in [0.15, 0.2) is 36.7 Å². The molecule has 3 aromatic rings. The monoisotopic (exact) mass is 332 g/mol. The number of aryl methyl sites for hydroxylation is 2. The van der Waals surface area contributed by atoms with Crippen molar-refractivity contribution in [3.8, 4) is 0 Å². The van der Waals surface area contributed by atoms with Crippen LogP contribution in [0.5, 0.6) is 0 Å². The maximum absolute atomic E-state index is 11.1. The third-order valence-corrected chi connectivity index (χ3v) is 3.78. The van der Waals surface area contributed by atoms with Crippen molar-refractivity contribution in [2.45, 2.75) is 19.6 Å². The Bertz CT molecular complexity index is 824. The third kappa shape index (κ3) is 3.62. The van der Waals surface area contributed by atoms with Gasteiger partial charge in [0, 0.05) is 35.7 Å². The van der Waals surface area contributed by atoms with Gasteiger partial charge in [-0.2, -0.15) is 0 Å². The van der Waals surface area contributed by atoms with Gasteiger partial charge in [-0.3, -0.25) is 4.68 Å². The minimum absolute atomic E-state index is 0.239. The number of fused-ring (bicyclic) bond motifs is 1. The summed E-state index contributed by atoms with van der Waals surface area (Å²) in [6.07, 6.45) is 3.87. The Labute approximate surface area is 138 Å². The van der Waals surface area contributed by atoms with Crippen molar-refractivity contribution in [1.29, 1.82) is 0 Å². The van der Waals surface area contributed by atoms with Crippen LogP contribution in [0, 0.1) is 0 Å². The van der Waals surface area contributed by atoms with Gasteiger partial charge in [0.2, 0.25) is 0 Å². The molecular formula is C15H17ClN6O. The average Bonchev–Trinajstić information content (AvgIpc) is 3.16. The second kappa shape index (κ2) is 6.70. The highest BCUT2D eigenvalue weighted by Gasteiger charge is 2.05. The Morgan fingerprint density at radius 1 is 1.30 bits per heavy atom. The van der Waals surface area contributed by atoms with Crippen LogP contribution in [0.2, 0.25) is 5.02 Å². The molecule has 0 unspecified atom stereocenters. The van der Waals surface area contributed by atoms with Crippen LogP contribution in [-0.2, 0) is 19.6 Å². The van der Waals surface area contributed by atoms with E-state index in [4.69, 9.17) is 11.6 Å². The zero-order valence-corrected chi connectivity index (χ0v) is 13.4. The van der Waals surface area contributed by atoms with Crippen LogP contribution in [0.1, 0.15) is 5.69 Å². The van der Waals surface area contributed by atoms with Crippen LogP contribution in [0.3, 0.4) is 0 Å². The van der Waals surface area contributed by atoms with Crippen molar-refractivity contribution < 1.29 is 4.79 Å². The van der Waals surface area contributed by atoms with E-state index in [-0.39, 0.29) is 6.03 Å². The molecule has 2 amide bonds. The molecule has 0 saturated carbocycles. The standard InChI is InChI=1S/C15H17ClN6O/c1-17-15(23)18-9-13-10-22(20-19-13)7-6-21-5-4-11-8-12(16)2-3-14(11)21/h2-5,8,10H,6-7,9H2,1H3,(H2,17,18,23). The molecule has 1 aromatic carbocycles. The second-order valence-electron chi connectivity index (χ2n) is 5.12. The summed E-state index contributed by atoms with van der Waals surface area (Å²) in [4.78, 5) is 11.1. The molecule has 2 heterocycles. The van der Waals surface area contributed by atoms with E-state index in [9.17, 15) is 4.79 Å². The Morgan fingerprint density at radius 2 is 2.17 bits per heavy atom. The zero-order valence-electron chi connectivity index (χ0n) is 12.7. The highest BCUT2D eigenvalue weighted by Crippen LogP contribution is 2.20. The van der Waals surface area contributed by atoms with Gasteiger partial charge in [0.25, 0.3) is 0 Å². The fourth-order valence-corrected chi connectivity index (χ4v) is 2.54. The molecule has 0 fully saturated rings. The van der Waals surface area contributed by atoms with E-state index in [0.717, 1.165) is 28.2 Å². The lowest BCUT2D eigenvalue weighted by atomic mass is 10.2. The van der Waals surface area contributed by atoms with Crippen molar-refractivity contribution in [2.75, 3.05) is 7.05 Å². The number of urea groups is 1. The molecule has 8 heteroatoms. The van der Waals surface area contributed by atoms with Gasteiger partial charge in [-0.1, -0.05) is 16.8 Å². The first-order valence-corrected chi connectivity index (χ1v) is 7.62. The number of halogens is 1. The van der Waals surface area contributed by atoms with Gasteiger partial charge in [-0.15, -0.1) is 5.10 Å². The molecule has 0 aliphatic carbocycles. The molecule has 23 heavy (non-hydrogen) atoms. The lowest BCUT2D eigenvalue weighted by Gasteiger charge is -2.05. The molecule has 0 atom stereocenters. The predicted molar refractivity (Wildman–Crippen MR) is 88.3 cm³/mol. The summed E-state index contributed by atoms with van der Waals surface area (Å²) in [5.74, 6) is 0. The minimum Gasteiger partial charge on any atom is -0.346 e. The topological polar surface area (TPSA) is 76.8 Å². The Kier molecular flexibility index (Phi) is 4.47. The van der Waals surface area contributed by atoms with Gasteiger partial charge in [-0.05, 0) is 24.3 Å². The van der Waals surface area contributed by atoms with Crippen molar-refractivity contribution in [1.82, 2.24) is 30.2 Å². The first-order valence-electron chi connectivity index (χ1n) is 7.24. The molecule has 7 nitrogen and oxygen atoms in total. The molecule has 120 valence electrons. The molecule has 0 aliphatic rings. The number of nitrogens with zero attached hydrogens (tertiary/aromatic N) is 4. The van der Waals surface area contributed by atoms with E-state index in [2.05, 4.69) is 25.5 Å². The zero-order chi connectivity index (χ0) is 16.2. The molecule has 0 saturated heterocycles. The van der Waals surface area contributed by atoms with Crippen LogP contribution >= 0.6 is 11.6 Å². The predicted octanol–water partition coefficient (Wildman–Crippen LogP) is 2.02. The van der Waals surface area contributed by atoms with Gasteiger partial charge in [0.05, 0.1) is 19.3 Å². The van der Waals surface area contributed by atoms with Crippen molar-refractivity contribution in [3.05, 3.63) is 47.4 Å². The molecule has 2 aromatic heterocycles. The number of rotatable bonds is 5. The minimum atomic E-state index is -0.239. The lowest BCUT2D eigenvalue weighted by Crippen LogP contribution is -2.32. The van der Waals surface area contributed by atoms with E-state index in [1.54, 1.807) is 11.7 Å². The van der Waals surface area contributed by atoms with Gasteiger partial charge in [0.1, 0.15) is 5.69 Å². The molecule has 0 bridgehead atoms. The Morgan fingerprint density at radius 3 is 3.00 bits per heavy atom. The summed E-state index contributed by atoms with van der Waals surface area (Å²) in [6, 6.07) is 7.65. The number of amides is 2. The summed E-state index contributed by atoms with van der Waals surface area (Å²) in [7, 11) is 1.57. The SMILES string of the molecule is CNC(=O)NCc1cn(CCn2ccc3cc(Cl)ccc32)nn1. The quantitative estimate of drug-likeness (QED) is 0.750. The van der Waals surface area contributed by atoms with E-state index >= 15 is 0 Å². The highest BCUT2D eigenvalue weighted by molar-refractivity contribution is 6.31. The number of nitrogens with one attached hydrogen (secondary N) is 2. The van der Waals surface area contributed by atoms with Gasteiger partial charge in [0.15, 0.2) is 0 Å². The van der Waals surface area contributed by atoms with Crippen LogP contribution < -0.4 is 10.6 Å². The van der Waals surface area contributed by atoms with E-state index < -0.39 is 0 Å². The van der Waals surface area contributed by atoms with Crippen molar-refractivity contribution in [3.63, 3.8) is 0 Å². The summed E-state index contributed by atoms with van der Waals surface area (Å²) in [5.41, 5.74) is 1.86. The first-order chi connectivity index (χ1) is 11.2. The normalized spacial score (nSPS) is 10.9. The van der Waals surface area contributed by atoms with Crippen LogP contribution in [0.4, 0.5) is 4.79 Å². The van der Waals surface area contributed by atoms with Crippen molar-refractivity contribution >= 4 is 28.5 Å². The first kappa shape index (κ1) is 15.4. The fourth-order valence-electron chi connectivity index (χ4n) is 2.36. The van der Waals surface area contributed by atoms with Gasteiger partial charge >= 0.3 is 6.03 Å². The average molecular weight is 333 g/mol. The van der Waals surface area contributed by atoms with Gasteiger partial charge in [-0.25, -0.2) is 4.79 Å². The summed E-state index contributed by atoms with van der Waals surface area (Å²) in [6.45, 7) is 1.82. The van der Waals surface area contributed by atoms with E-state index in [0.29, 0.717) is 13.1 Å². The van der Waals surface area contributed by atoms with E-state index in [1.807, 2.05) is 36.7 Å². The Hall–Kier alpha value is -2.54. The van der Waals surface area contributed by atoms with E-state index in [1.165, 1.54) is 0 Å². The third-order valence-electron chi connectivity index (χ3n) is 3.55. The smallest absolute Gasteiger partial charge is 0.314 e. The number of hydrogen-bond donors (Lipinski definition) is 2. The summed E-state index contributed by atoms with van der Waals surface area (Å²) in [5, 5.41) is 15.1. The van der Waals surface area contributed by atoms with Gasteiger partial charge < -0.3 is 15.2 Å². The fraction of sp³-hybridized carbons (Fsp3) is 0.267. The summed E-state index contributed by atoms with van der Waals surface area (Å²) >= 11 is 6.00. The van der Waals surface area contributed by atoms with Crippen LogP contribution in [-0.4, -0.2) is 32.6 Å². The number of aromatic nitrogens is 4. The van der Waals surface area contributed by atoms with Crippen LogP contribution in [0.25, 0.3) is 10.9 Å². The molecule has 0 aliphatic heterocycles.